The van der Waals surface area contributed by atoms with Crippen LogP contribution >= 0.6 is 6.64 Å². The lowest BCUT2D eigenvalue weighted by molar-refractivity contribution is 0.379. The van der Waals surface area contributed by atoms with Crippen LogP contribution < -0.4 is 5.09 Å². The van der Waals surface area contributed by atoms with Crippen LogP contribution in [0.15, 0.2) is 0 Å². The molecule has 0 heterocycles. The summed E-state index contributed by atoms with van der Waals surface area (Å²) in [7, 11) is 2.93. The Kier molecular flexibility index (Phi) is 2.95. The summed E-state index contributed by atoms with van der Waals surface area (Å²) in [6.45, 7) is -2.57. The molecule has 5 heteroatoms. The van der Waals surface area contributed by atoms with Gasteiger partial charge in [-0.25, -0.2) is 5.09 Å². The maximum Gasteiger partial charge on any atom is 0.258 e. The second-order valence-electron chi connectivity index (χ2n) is 0.927. The fourth-order valence-electron chi connectivity index (χ4n) is 0.0913. The summed E-state index contributed by atoms with van der Waals surface area (Å²) in [6.07, 6.45) is 0. The molecule has 0 aliphatic rings. The zero-order valence-corrected chi connectivity index (χ0v) is 5.92. The molecule has 0 saturated heterocycles. The van der Waals surface area contributed by atoms with E-state index in [1.54, 1.807) is 7.05 Å². The van der Waals surface area contributed by atoms with Gasteiger partial charge in [-0.2, -0.15) is 0 Å². The van der Waals surface area contributed by atoms with Gasteiger partial charge in [0.1, 0.15) is 0 Å². The van der Waals surface area contributed by atoms with Gasteiger partial charge in [-0.3, -0.25) is 0 Å². The monoisotopic (exact) mass is 141 g/mol. The van der Waals surface area contributed by atoms with E-state index in [0.717, 1.165) is 0 Å². The van der Waals surface area contributed by atoms with Gasteiger partial charge in [0, 0.05) is 7.11 Å². The smallest absolute Gasteiger partial charge is 0.258 e. The molecule has 1 atom stereocenters. The Balaban J connectivity index is 3.61. The van der Waals surface area contributed by atoms with Gasteiger partial charge in [-0.05, 0) is 18.9 Å². The van der Waals surface area contributed by atoms with Gasteiger partial charge in [0.25, 0.3) is 6.64 Å². The van der Waals surface area contributed by atoms with Crippen molar-refractivity contribution in [2.45, 2.75) is 0 Å². The van der Waals surface area contributed by atoms with Crippen LogP contribution in [0.1, 0.15) is 0 Å². The standard InChI is InChI=1S/C2H8NO2PS/c1-3-6(4,7)5-2/h1-2H3,(H2,3,4,7). The molecule has 0 aliphatic carbocycles. The highest BCUT2D eigenvalue weighted by molar-refractivity contribution is 8.08. The molecule has 3 nitrogen and oxygen atoms in total. The number of hydrogen-bond donors (Lipinski definition) is 2. The van der Waals surface area contributed by atoms with E-state index in [9.17, 15) is 0 Å². The molecule has 0 aromatic carbocycles. The number of nitrogens with one attached hydrogen (secondary N) is 1. The Morgan fingerprint density at radius 2 is 2.29 bits per heavy atom. The molecule has 1 unspecified atom stereocenters. The van der Waals surface area contributed by atoms with Gasteiger partial charge in [0.15, 0.2) is 0 Å². The van der Waals surface area contributed by atoms with Crippen LogP contribution in [0.2, 0.25) is 0 Å². The summed E-state index contributed by atoms with van der Waals surface area (Å²) in [6, 6.07) is 0. The lowest BCUT2D eigenvalue weighted by Crippen LogP contribution is -2.01. The van der Waals surface area contributed by atoms with Crippen molar-refractivity contribution in [3.63, 3.8) is 0 Å². The Labute approximate surface area is 47.9 Å². The summed E-state index contributed by atoms with van der Waals surface area (Å²) in [5.74, 6) is 0. The molecular formula is C2H8NO2PS. The van der Waals surface area contributed by atoms with Crippen LogP contribution in [0.25, 0.3) is 0 Å². The molecule has 0 aromatic heterocycles. The van der Waals surface area contributed by atoms with Gasteiger partial charge < -0.3 is 9.42 Å². The van der Waals surface area contributed by atoms with Gasteiger partial charge in [-0.1, -0.05) is 0 Å². The minimum atomic E-state index is -2.57. The van der Waals surface area contributed by atoms with Crippen molar-refractivity contribution in [3.05, 3.63) is 0 Å². The Morgan fingerprint density at radius 3 is 2.29 bits per heavy atom. The molecular weight excluding hydrogens is 133 g/mol. The van der Waals surface area contributed by atoms with Gasteiger partial charge >= 0.3 is 0 Å². The minimum absolute atomic E-state index is 1.37. The van der Waals surface area contributed by atoms with Crippen LogP contribution in [0.4, 0.5) is 0 Å². The van der Waals surface area contributed by atoms with E-state index >= 15 is 0 Å². The van der Waals surface area contributed by atoms with E-state index in [1.807, 2.05) is 0 Å². The first-order valence-corrected chi connectivity index (χ1v) is 4.37. The normalized spacial score (nSPS) is 18.7. The fraction of sp³-hybridized carbons (Fsp3) is 1.00. The zero-order valence-electron chi connectivity index (χ0n) is 4.21. The summed E-state index contributed by atoms with van der Waals surface area (Å²) in [5.41, 5.74) is 0. The molecule has 0 saturated carbocycles. The van der Waals surface area contributed by atoms with Crippen molar-refractivity contribution >= 4 is 18.4 Å². The van der Waals surface area contributed by atoms with Gasteiger partial charge in [0.05, 0.1) is 0 Å². The highest BCUT2D eigenvalue weighted by Gasteiger charge is 2.03. The molecule has 0 spiro atoms. The van der Waals surface area contributed by atoms with Crippen molar-refractivity contribution < 1.29 is 9.42 Å². The van der Waals surface area contributed by atoms with Gasteiger partial charge in [0.2, 0.25) is 0 Å². The van der Waals surface area contributed by atoms with Crippen LogP contribution in [-0.4, -0.2) is 19.1 Å². The lowest BCUT2D eigenvalue weighted by atomic mass is 11.6. The van der Waals surface area contributed by atoms with Crippen LogP contribution in [-0.2, 0) is 16.3 Å². The molecule has 0 radical (unpaired) electrons. The quantitative estimate of drug-likeness (QED) is 0.534. The van der Waals surface area contributed by atoms with Gasteiger partial charge in [-0.15, -0.1) is 0 Å². The average Bonchev–Trinajstić information content (AvgIpc) is 1.68. The highest BCUT2D eigenvalue weighted by Crippen LogP contribution is 2.33. The molecule has 7 heavy (non-hydrogen) atoms. The topological polar surface area (TPSA) is 41.5 Å². The second kappa shape index (κ2) is 2.74. The van der Waals surface area contributed by atoms with E-state index in [1.165, 1.54) is 7.11 Å². The second-order valence-corrected chi connectivity index (χ2v) is 4.26. The minimum Gasteiger partial charge on any atom is -0.334 e. The van der Waals surface area contributed by atoms with Crippen molar-refractivity contribution in [2.75, 3.05) is 14.2 Å². The van der Waals surface area contributed by atoms with Crippen molar-refractivity contribution in [1.82, 2.24) is 5.09 Å². The van der Waals surface area contributed by atoms with Crippen molar-refractivity contribution in [3.8, 4) is 0 Å². The average molecular weight is 141 g/mol. The molecule has 0 rings (SSSR count). The highest BCUT2D eigenvalue weighted by atomic mass is 32.5. The van der Waals surface area contributed by atoms with E-state index < -0.39 is 6.64 Å². The molecule has 0 aromatic rings. The van der Waals surface area contributed by atoms with Crippen molar-refractivity contribution in [1.29, 1.82) is 0 Å². The summed E-state index contributed by atoms with van der Waals surface area (Å²) in [4.78, 5) is 8.72. The van der Waals surface area contributed by atoms with E-state index in [-0.39, 0.29) is 0 Å². The molecule has 44 valence electrons. The predicted octanol–water partition coefficient (Wildman–Crippen LogP) is 0.0690. The summed E-state index contributed by atoms with van der Waals surface area (Å²) >= 11 is 4.48. The van der Waals surface area contributed by atoms with E-state index in [2.05, 4.69) is 21.4 Å². The largest absolute Gasteiger partial charge is 0.334 e. The summed E-state index contributed by atoms with van der Waals surface area (Å²) in [5, 5.41) is 2.45. The van der Waals surface area contributed by atoms with E-state index in [0.29, 0.717) is 0 Å². The Bertz CT molecular complexity index is 87.7. The first-order chi connectivity index (χ1) is 3.12. The van der Waals surface area contributed by atoms with Crippen LogP contribution in [0.5, 0.6) is 0 Å². The van der Waals surface area contributed by atoms with Crippen molar-refractivity contribution in [2.24, 2.45) is 0 Å². The van der Waals surface area contributed by atoms with Crippen LogP contribution in [0, 0.1) is 0 Å². The maximum atomic E-state index is 8.72. The Hall–Kier alpha value is 0.530. The summed E-state index contributed by atoms with van der Waals surface area (Å²) < 4.78 is 4.46. The lowest BCUT2D eigenvalue weighted by Gasteiger charge is -2.08. The Morgan fingerprint density at radius 1 is 1.86 bits per heavy atom. The third-order valence-corrected chi connectivity index (χ3v) is 2.59. The molecule has 0 bridgehead atoms. The predicted molar refractivity (Wildman–Crippen MR) is 32.6 cm³/mol. The fourth-order valence-corrected chi connectivity index (χ4v) is 0.274. The SMILES string of the molecule is CNP(O)(=S)OC. The first kappa shape index (κ1) is 7.53. The first-order valence-electron chi connectivity index (χ1n) is 1.70. The maximum absolute atomic E-state index is 8.72. The zero-order chi connectivity index (χ0) is 5.91. The van der Waals surface area contributed by atoms with Crippen LogP contribution in [0.3, 0.4) is 0 Å². The molecule has 0 aliphatic heterocycles. The third kappa shape index (κ3) is 3.14. The molecule has 2 N–H and O–H groups in total. The number of rotatable bonds is 2. The molecule has 0 fully saturated rings. The third-order valence-electron chi connectivity index (χ3n) is 0.530. The number of hydrogen-bond acceptors (Lipinski definition) is 2. The molecule has 0 amide bonds. The van der Waals surface area contributed by atoms with E-state index in [4.69, 9.17) is 4.89 Å².